The van der Waals surface area contributed by atoms with Crippen LogP contribution in [0.5, 0.6) is 0 Å². The highest BCUT2D eigenvalue weighted by Gasteiger charge is 2.31. The molecule has 2 fully saturated rings. The molecule has 0 atom stereocenters. The lowest BCUT2D eigenvalue weighted by atomic mass is 10.0. The van der Waals surface area contributed by atoms with E-state index in [9.17, 15) is 26.4 Å². The molecule has 1 aromatic carbocycles. The first-order valence-corrected chi connectivity index (χ1v) is 11.9. The molecule has 1 aromatic heterocycles. The van der Waals surface area contributed by atoms with E-state index < -0.39 is 21.8 Å². The third-order valence-electron chi connectivity index (χ3n) is 5.72. The fraction of sp³-hybridized carbons (Fsp3) is 0.429. The van der Waals surface area contributed by atoms with Crippen molar-refractivity contribution in [2.24, 2.45) is 0 Å². The second-order valence-corrected chi connectivity index (χ2v) is 9.94. The van der Waals surface area contributed by atoms with Crippen molar-refractivity contribution in [1.29, 1.82) is 0 Å². The number of piperidine rings is 1. The van der Waals surface area contributed by atoms with Crippen molar-refractivity contribution in [2.45, 2.75) is 31.5 Å². The van der Waals surface area contributed by atoms with Gasteiger partial charge in [0.15, 0.2) is 0 Å². The number of hydrogen-bond donors (Lipinski definition) is 1. The van der Waals surface area contributed by atoms with Crippen LogP contribution in [0.2, 0.25) is 0 Å². The van der Waals surface area contributed by atoms with E-state index in [-0.39, 0.29) is 17.7 Å². The first kappa shape index (κ1) is 22.4. The lowest BCUT2D eigenvalue weighted by Gasteiger charge is -2.33. The van der Waals surface area contributed by atoms with Gasteiger partial charge in [-0.25, -0.2) is 13.4 Å². The summed E-state index contributed by atoms with van der Waals surface area (Å²) in [6, 6.07) is 8.85. The second kappa shape index (κ2) is 8.61. The molecule has 2 aliphatic rings. The van der Waals surface area contributed by atoms with Crippen molar-refractivity contribution in [3.63, 3.8) is 0 Å². The molecule has 4 rings (SSSR count). The average molecular weight is 469 g/mol. The van der Waals surface area contributed by atoms with Crippen LogP contribution in [-0.4, -0.2) is 50.7 Å². The maximum Gasteiger partial charge on any atom is 0.417 e. The van der Waals surface area contributed by atoms with Gasteiger partial charge < -0.3 is 10.2 Å². The SMILES string of the molecule is O=C(NC1CCN(c2ccc(C(F)(F)F)cn2)CC1)c1cccc(N2CCCS2(=O)=O)c1. The monoisotopic (exact) mass is 468 g/mol. The Morgan fingerprint density at radius 2 is 1.84 bits per heavy atom. The molecule has 11 heteroatoms. The zero-order valence-electron chi connectivity index (χ0n) is 17.2. The van der Waals surface area contributed by atoms with Crippen LogP contribution < -0.4 is 14.5 Å². The Morgan fingerprint density at radius 3 is 2.44 bits per heavy atom. The molecule has 2 saturated heterocycles. The van der Waals surface area contributed by atoms with Gasteiger partial charge in [0.1, 0.15) is 5.82 Å². The molecule has 2 aromatic rings. The van der Waals surface area contributed by atoms with E-state index in [1.807, 2.05) is 4.90 Å². The van der Waals surface area contributed by atoms with E-state index in [1.54, 1.807) is 24.3 Å². The summed E-state index contributed by atoms with van der Waals surface area (Å²) >= 11 is 0. The Labute approximate surface area is 184 Å². The van der Waals surface area contributed by atoms with E-state index in [4.69, 9.17) is 0 Å². The second-order valence-electron chi connectivity index (χ2n) is 7.93. The standard InChI is InChI=1S/C21H23F3N4O3S/c22-21(23,24)16-5-6-19(25-14-16)27-10-7-17(8-11-27)26-20(29)15-3-1-4-18(13-15)28-9-2-12-32(28,30)31/h1,3-6,13-14,17H,2,7-12H2,(H,26,29). The smallest absolute Gasteiger partial charge is 0.356 e. The van der Waals surface area contributed by atoms with Gasteiger partial charge in [0.25, 0.3) is 5.91 Å². The van der Waals surface area contributed by atoms with Gasteiger partial charge in [-0.2, -0.15) is 13.2 Å². The largest absolute Gasteiger partial charge is 0.417 e. The van der Waals surface area contributed by atoms with Gasteiger partial charge in [0.05, 0.1) is 17.0 Å². The predicted molar refractivity (Wildman–Crippen MR) is 114 cm³/mol. The lowest BCUT2D eigenvalue weighted by molar-refractivity contribution is -0.137. The number of pyridine rings is 1. The quantitative estimate of drug-likeness (QED) is 0.746. The Kier molecular flexibility index (Phi) is 6.02. The molecule has 0 aliphatic carbocycles. The molecule has 32 heavy (non-hydrogen) atoms. The number of nitrogens with one attached hydrogen (secondary N) is 1. The number of aromatic nitrogens is 1. The molecule has 172 valence electrons. The van der Waals surface area contributed by atoms with Crippen LogP contribution in [-0.2, 0) is 16.2 Å². The van der Waals surface area contributed by atoms with Crippen LogP contribution in [0.25, 0.3) is 0 Å². The number of sulfonamides is 1. The Morgan fingerprint density at radius 1 is 1.09 bits per heavy atom. The van der Waals surface area contributed by atoms with E-state index in [0.29, 0.717) is 56.0 Å². The van der Waals surface area contributed by atoms with Crippen molar-refractivity contribution in [3.8, 4) is 0 Å². The van der Waals surface area contributed by atoms with Crippen molar-refractivity contribution in [1.82, 2.24) is 10.3 Å². The molecule has 0 unspecified atom stereocenters. The number of anilines is 2. The summed E-state index contributed by atoms with van der Waals surface area (Å²) in [7, 11) is -3.33. The van der Waals surface area contributed by atoms with Gasteiger partial charge in [-0.3, -0.25) is 9.10 Å². The maximum absolute atomic E-state index is 12.7. The molecule has 1 N–H and O–H groups in total. The molecule has 3 heterocycles. The summed E-state index contributed by atoms with van der Waals surface area (Å²) in [5.74, 6) is 0.298. The van der Waals surface area contributed by atoms with Gasteiger partial charge in [-0.1, -0.05) is 6.07 Å². The van der Waals surface area contributed by atoms with Crippen LogP contribution >= 0.6 is 0 Å². The number of rotatable bonds is 4. The molecule has 1 amide bonds. The minimum atomic E-state index is -4.42. The zero-order valence-corrected chi connectivity index (χ0v) is 18.0. The maximum atomic E-state index is 12.7. The minimum absolute atomic E-state index is 0.0904. The van der Waals surface area contributed by atoms with Crippen molar-refractivity contribution < 1.29 is 26.4 Å². The normalized spacial score (nSPS) is 19.2. The Bertz CT molecular complexity index is 1080. The number of carbonyl (C=O) groups excluding carboxylic acids is 1. The number of benzene rings is 1. The molecule has 0 radical (unpaired) electrons. The molecule has 2 aliphatic heterocycles. The van der Waals surface area contributed by atoms with Gasteiger partial charge in [-0.15, -0.1) is 0 Å². The van der Waals surface area contributed by atoms with Gasteiger partial charge in [-0.05, 0) is 49.6 Å². The van der Waals surface area contributed by atoms with Gasteiger partial charge in [0, 0.05) is 37.4 Å². The highest BCUT2D eigenvalue weighted by molar-refractivity contribution is 7.93. The highest BCUT2D eigenvalue weighted by atomic mass is 32.2. The molecule has 0 spiro atoms. The van der Waals surface area contributed by atoms with E-state index in [0.717, 1.165) is 12.3 Å². The first-order chi connectivity index (χ1) is 15.1. The van der Waals surface area contributed by atoms with Crippen LogP contribution in [0, 0.1) is 0 Å². The van der Waals surface area contributed by atoms with Crippen LogP contribution in [0.15, 0.2) is 42.6 Å². The van der Waals surface area contributed by atoms with Crippen LogP contribution in [0.1, 0.15) is 35.2 Å². The third-order valence-corrected chi connectivity index (χ3v) is 7.59. The van der Waals surface area contributed by atoms with E-state index in [1.165, 1.54) is 10.4 Å². The van der Waals surface area contributed by atoms with E-state index >= 15 is 0 Å². The average Bonchev–Trinajstić information content (AvgIpc) is 3.13. The summed E-state index contributed by atoms with van der Waals surface area (Å²) in [6.07, 6.45) is -1.79. The Balaban J connectivity index is 1.34. The fourth-order valence-corrected chi connectivity index (χ4v) is 5.55. The van der Waals surface area contributed by atoms with Crippen molar-refractivity contribution >= 4 is 27.4 Å². The fourth-order valence-electron chi connectivity index (χ4n) is 3.99. The zero-order chi connectivity index (χ0) is 22.9. The van der Waals surface area contributed by atoms with Crippen LogP contribution in [0.4, 0.5) is 24.7 Å². The van der Waals surface area contributed by atoms with Crippen molar-refractivity contribution in [3.05, 3.63) is 53.7 Å². The number of alkyl halides is 3. The lowest BCUT2D eigenvalue weighted by Crippen LogP contribution is -2.45. The first-order valence-electron chi connectivity index (χ1n) is 10.3. The number of halogens is 3. The topological polar surface area (TPSA) is 82.6 Å². The summed E-state index contributed by atoms with van der Waals surface area (Å²) in [4.78, 5) is 18.5. The van der Waals surface area contributed by atoms with Crippen molar-refractivity contribution in [2.75, 3.05) is 34.6 Å². The van der Waals surface area contributed by atoms with Crippen LogP contribution in [0.3, 0.4) is 0 Å². The van der Waals surface area contributed by atoms with E-state index in [2.05, 4.69) is 10.3 Å². The Hall–Kier alpha value is -2.82. The summed E-state index contributed by atoms with van der Waals surface area (Å²) < 4.78 is 63.7. The predicted octanol–water partition coefficient (Wildman–Crippen LogP) is 3.04. The number of hydrogen-bond acceptors (Lipinski definition) is 5. The van der Waals surface area contributed by atoms with Gasteiger partial charge >= 0.3 is 6.18 Å². The molecule has 7 nitrogen and oxygen atoms in total. The molecule has 0 bridgehead atoms. The summed E-state index contributed by atoms with van der Waals surface area (Å²) in [5, 5.41) is 2.97. The molecule has 0 saturated carbocycles. The summed E-state index contributed by atoms with van der Waals surface area (Å²) in [6.45, 7) is 1.51. The number of carbonyl (C=O) groups is 1. The molecular formula is C21H23F3N4O3S. The van der Waals surface area contributed by atoms with Gasteiger partial charge in [0.2, 0.25) is 10.0 Å². The third kappa shape index (κ3) is 4.82. The number of nitrogens with zero attached hydrogens (tertiary/aromatic N) is 3. The highest BCUT2D eigenvalue weighted by Crippen LogP contribution is 2.30. The number of amides is 1. The molecular weight excluding hydrogens is 445 g/mol. The minimum Gasteiger partial charge on any atom is -0.356 e. The summed E-state index contributed by atoms with van der Waals surface area (Å²) in [5.41, 5.74) is 0.0853.